The minimum absolute atomic E-state index is 0.0929. The van der Waals surface area contributed by atoms with Crippen molar-refractivity contribution in [3.05, 3.63) is 81.8 Å². The number of nitrogens with zero attached hydrogens (tertiary/aromatic N) is 4. The maximum absolute atomic E-state index is 13.5. The van der Waals surface area contributed by atoms with Gasteiger partial charge in [0.2, 0.25) is 0 Å². The van der Waals surface area contributed by atoms with Gasteiger partial charge in [-0.1, -0.05) is 29.5 Å². The number of imidazole rings is 1. The van der Waals surface area contributed by atoms with E-state index in [1.54, 1.807) is 60.8 Å². The molecule has 1 N–H and O–H groups in total. The molecular weight excluding hydrogens is 492 g/mol. The van der Waals surface area contributed by atoms with Gasteiger partial charge in [0.15, 0.2) is 16.7 Å². The Kier molecular flexibility index (Phi) is 6.12. The van der Waals surface area contributed by atoms with Gasteiger partial charge in [-0.15, -0.1) is 0 Å². The van der Waals surface area contributed by atoms with Crippen molar-refractivity contribution in [2.24, 2.45) is 0 Å². The molecule has 10 heteroatoms. The van der Waals surface area contributed by atoms with Crippen LogP contribution in [0.3, 0.4) is 0 Å². The van der Waals surface area contributed by atoms with Crippen molar-refractivity contribution in [1.82, 2.24) is 14.4 Å². The van der Waals surface area contributed by atoms with Crippen molar-refractivity contribution < 1.29 is 24.2 Å². The molecule has 37 heavy (non-hydrogen) atoms. The van der Waals surface area contributed by atoms with E-state index in [1.807, 2.05) is 13.0 Å². The first-order valence-electron chi connectivity index (χ1n) is 11.7. The lowest BCUT2D eigenvalue weighted by atomic mass is 9.96. The Balaban J connectivity index is 1.78. The second-order valence-corrected chi connectivity index (χ2v) is 9.59. The highest BCUT2D eigenvalue weighted by molar-refractivity contribution is 7.18. The summed E-state index contributed by atoms with van der Waals surface area (Å²) in [5.74, 6) is -1.68. The predicted octanol–water partition coefficient (Wildman–Crippen LogP) is 4.64. The molecule has 5 rings (SSSR count). The molecule has 0 aliphatic carbocycles. The molecule has 0 saturated carbocycles. The van der Waals surface area contributed by atoms with Crippen LogP contribution in [-0.2, 0) is 9.59 Å². The lowest BCUT2D eigenvalue weighted by molar-refractivity contribution is -0.132. The Morgan fingerprint density at radius 3 is 2.59 bits per heavy atom. The average Bonchev–Trinajstić information content (AvgIpc) is 3.50. The number of aromatic nitrogens is 3. The number of benzene rings is 1. The van der Waals surface area contributed by atoms with Gasteiger partial charge < -0.3 is 9.84 Å². The molecule has 1 aromatic carbocycles. The van der Waals surface area contributed by atoms with Crippen molar-refractivity contribution in [3.8, 4) is 5.75 Å². The first kappa shape index (κ1) is 24.4. The Labute approximate surface area is 216 Å². The van der Waals surface area contributed by atoms with Crippen molar-refractivity contribution in [1.29, 1.82) is 0 Å². The highest BCUT2D eigenvalue weighted by Crippen LogP contribution is 2.44. The molecule has 1 aliphatic rings. The number of aryl methyl sites for hydroxylation is 2. The van der Waals surface area contributed by atoms with Gasteiger partial charge in [0, 0.05) is 13.1 Å². The number of pyridine rings is 1. The lowest BCUT2D eigenvalue weighted by Gasteiger charge is -2.23. The zero-order valence-electron chi connectivity index (χ0n) is 20.7. The molecule has 1 unspecified atom stereocenters. The number of carbonyl (C=O) groups excluding carboxylic acids is 3. The summed E-state index contributed by atoms with van der Waals surface area (Å²) in [5.41, 5.74) is 2.33. The summed E-state index contributed by atoms with van der Waals surface area (Å²) in [5, 5.41) is 11.8. The number of rotatable bonds is 6. The van der Waals surface area contributed by atoms with Crippen molar-refractivity contribution in [3.63, 3.8) is 0 Å². The van der Waals surface area contributed by atoms with Crippen LogP contribution in [0.15, 0.2) is 54.2 Å². The maximum atomic E-state index is 13.5. The monoisotopic (exact) mass is 516 g/mol. The largest absolute Gasteiger partial charge is 0.505 e. The van der Waals surface area contributed by atoms with E-state index >= 15 is 0 Å². The van der Waals surface area contributed by atoms with Crippen LogP contribution in [-0.4, -0.2) is 43.6 Å². The van der Waals surface area contributed by atoms with Gasteiger partial charge in [0.25, 0.3) is 5.78 Å². The number of Topliss-reactive ketones (excluding diaryl/α,β-unsaturated/α-hetero) is 2. The standard InChI is InChI=1S/C27H24N4O5S/c1-5-36-18-10-8-9-17(13-18)22-20(23(33)21-14(2)28-19-11-6-7-12-30(19)21)24(34)26(35)31(22)27-29-15(3)25(37-27)16(4)32/h6-13,22,33H,5H2,1-4H3/b23-20+. The zero-order valence-corrected chi connectivity index (χ0v) is 21.5. The number of aliphatic hydroxyl groups is 1. The zero-order chi connectivity index (χ0) is 26.4. The Bertz CT molecular complexity index is 1620. The van der Waals surface area contributed by atoms with Gasteiger partial charge in [-0.25, -0.2) is 9.97 Å². The van der Waals surface area contributed by atoms with Crippen LogP contribution in [0.5, 0.6) is 5.75 Å². The second kappa shape index (κ2) is 9.29. The minimum Gasteiger partial charge on any atom is -0.505 e. The maximum Gasteiger partial charge on any atom is 0.301 e. The summed E-state index contributed by atoms with van der Waals surface area (Å²) < 4.78 is 7.34. The Hall–Kier alpha value is -4.31. The van der Waals surface area contributed by atoms with E-state index < -0.39 is 17.7 Å². The smallest absolute Gasteiger partial charge is 0.301 e. The van der Waals surface area contributed by atoms with Crippen LogP contribution in [0.25, 0.3) is 11.4 Å². The fourth-order valence-electron chi connectivity index (χ4n) is 4.62. The van der Waals surface area contributed by atoms with E-state index in [2.05, 4.69) is 9.97 Å². The Morgan fingerprint density at radius 1 is 1.11 bits per heavy atom. The number of ketones is 2. The molecule has 4 aromatic rings. The highest BCUT2D eigenvalue weighted by atomic mass is 32.1. The van der Waals surface area contributed by atoms with Gasteiger partial charge >= 0.3 is 5.91 Å². The van der Waals surface area contributed by atoms with E-state index in [0.717, 1.165) is 11.3 Å². The Morgan fingerprint density at radius 2 is 1.89 bits per heavy atom. The number of thiazole rings is 1. The molecule has 0 radical (unpaired) electrons. The number of fused-ring (bicyclic) bond motifs is 1. The summed E-state index contributed by atoms with van der Waals surface area (Å²) in [7, 11) is 0. The van der Waals surface area contributed by atoms with Crippen LogP contribution in [0.4, 0.5) is 5.13 Å². The van der Waals surface area contributed by atoms with Crippen LogP contribution < -0.4 is 9.64 Å². The number of carbonyl (C=O) groups is 3. The third kappa shape index (κ3) is 3.99. The number of ether oxygens (including phenoxy) is 1. The van der Waals surface area contributed by atoms with Gasteiger partial charge in [0.1, 0.15) is 17.1 Å². The molecule has 0 spiro atoms. The summed E-state index contributed by atoms with van der Waals surface area (Å²) in [4.78, 5) is 49.7. The molecule has 4 heterocycles. The van der Waals surface area contributed by atoms with Gasteiger partial charge in [-0.2, -0.15) is 0 Å². The molecule has 1 atom stereocenters. The fourth-order valence-corrected chi connectivity index (χ4v) is 5.61. The second-order valence-electron chi connectivity index (χ2n) is 8.62. The van der Waals surface area contributed by atoms with E-state index in [-0.39, 0.29) is 22.2 Å². The molecule has 1 aliphatic heterocycles. The molecule has 0 bridgehead atoms. The van der Waals surface area contributed by atoms with E-state index in [0.29, 0.717) is 45.5 Å². The summed E-state index contributed by atoms with van der Waals surface area (Å²) in [6.07, 6.45) is 1.73. The van der Waals surface area contributed by atoms with Gasteiger partial charge in [0.05, 0.1) is 34.5 Å². The molecule has 1 fully saturated rings. The summed E-state index contributed by atoms with van der Waals surface area (Å²) in [6, 6.07) is 11.4. The molecule has 1 amide bonds. The van der Waals surface area contributed by atoms with Crippen molar-refractivity contribution in [2.75, 3.05) is 11.5 Å². The number of amides is 1. The first-order valence-corrected chi connectivity index (χ1v) is 12.5. The van der Waals surface area contributed by atoms with E-state index in [4.69, 9.17) is 4.74 Å². The lowest BCUT2D eigenvalue weighted by Crippen LogP contribution is -2.29. The number of hydrogen-bond acceptors (Lipinski definition) is 8. The normalized spacial score (nSPS) is 17.1. The molecule has 1 saturated heterocycles. The third-order valence-electron chi connectivity index (χ3n) is 6.17. The van der Waals surface area contributed by atoms with Gasteiger partial charge in [-0.3, -0.25) is 23.7 Å². The third-order valence-corrected chi connectivity index (χ3v) is 7.43. The first-order chi connectivity index (χ1) is 17.7. The average molecular weight is 517 g/mol. The molecule has 188 valence electrons. The van der Waals surface area contributed by atoms with E-state index in [1.165, 1.54) is 11.8 Å². The summed E-state index contributed by atoms with van der Waals surface area (Å²) >= 11 is 1.04. The molecule has 9 nitrogen and oxygen atoms in total. The van der Waals surface area contributed by atoms with Crippen molar-refractivity contribution in [2.45, 2.75) is 33.7 Å². The molecule has 3 aromatic heterocycles. The van der Waals surface area contributed by atoms with Crippen LogP contribution >= 0.6 is 11.3 Å². The summed E-state index contributed by atoms with van der Waals surface area (Å²) in [6.45, 7) is 7.12. The number of hydrogen-bond donors (Lipinski definition) is 1. The topological polar surface area (TPSA) is 114 Å². The predicted molar refractivity (Wildman–Crippen MR) is 139 cm³/mol. The number of anilines is 1. The highest BCUT2D eigenvalue weighted by Gasteiger charge is 2.49. The molecular formula is C27H24N4O5S. The van der Waals surface area contributed by atoms with Crippen LogP contribution in [0.2, 0.25) is 0 Å². The van der Waals surface area contributed by atoms with Crippen LogP contribution in [0, 0.1) is 13.8 Å². The minimum atomic E-state index is -1.00. The van der Waals surface area contributed by atoms with Crippen LogP contribution in [0.1, 0.15) is 52.2 Å². The fraction of sp³-hybridized carbons (Fsp3) is 0.222. The number of aliphatic hydroxyl groups excluding tert-OH is 1. The van der Waals surface area contributed by atoms with E-state index in [9.17, 15) is 19.5 Å². The van der Waals surface area contributed by atoms with Gasteiger partial charge in [-0.05, 0) is 50.6 Å². The van der Waals surface area contributed by atoms with Crippen molar-refractivity contribution >= 4 is 45.3 Å². The quantitative estimate of drug-likeness (QED) is 0.172. The SMILES string of the molecule is CCOc1cccc(C2/C(=C(\O)c3c(C)nc4ccccn34)C(=O)C(=O)N2c2nc(C)c(C(C)=O)s2)c1.